The van der Waals surface area contributed by atoms with Crippen molar-refractivity contribution in [3.8, 4) is 0 Å². The molecular weight excluding hydrogens is 517 g/mol. The second-order valence-electron chi connectivity index (χ2n) is 9.13. The first-order chi connectivity index (χ1) is 14.9. The number of piperazine rings is 1. The summed E-state index contributed by atoms with van der Waals surface area (Å²) in [6.45, 7) is 10.6. The van der Waals surface area contributed by atoms with Crippen LogP contribution in [0.5, 0.6) is 0 Å². The summed E-state index contributed by atoms with van der Waals surface area (Å²) in [5.74, 6) is 1.33. The SMILES string of the molecule is CCCCCCCCNC(N)=NCCCCCC(=O)N1CCN(C(=O)CC(C)C)CC1.I. The van der Waals surface area contributed by atoms with Crippen LogP contribution in [0.1, 0.15) is 91.4 Å². The number of guanidine groups is 1. The summed E-state index contributed by atoms with van der Waals surface area (Å²) in [5, 5.41) is 3.19. The number of hydrogen-bond acceptors (Lipinski definition) is 3. The fourth-order valence-corrected chi connectivity index (χ4v) is 3.78. The van der Waals surface area contributed by atoms with Crippen LogP contribution in [-0.2, 0) is 9.59 Å². The minimum Gasteiger partial charge on any atom is -0.370 e. The molecule has 7 nitrogen and oxygen atoms in total. The highest BCUT2D eigenvalue weighted by Crippen LogP contribution is 2.11. The predicted molar refractivity (Wildman–Crippen MR) is 144 cm³/mol. The van der Waals surface area contributed by atoms with Crippen LogP contribution in [0.15, 0.2) is 4.99 Å². The zero-order chi connectivity index (χ0) is 22.9. The van der Waals surface area contributed by atoms with Gasteiger partial charge in [-0.2, -0.15) is 0 Å². The Bertz CT molecular complexity index is 534. The van der Waals surface area contributed by atoms with Crippen LogP contribution in [0.25, 0.3) is 0 Å². The molecule has 3 N–H and O–H groups in total. The Kier molecular flexibility index (Phi) is 18.8. The number of rotatable bonds is 15. The van der Waals surface area contributed by atoms with Crippen molar-refractivity contribution in [1.82, 2.24) is 15.1 Å². The third kappa shape index (κ3) is 14.9. The van der Waals surface area contributed by atoms with Gasteiger partial charge >= 0.3 is 0 Å². The maximum Gasteiger partial charge on any atom is 0.222 e. The molecule has 0 radical (unpaired) electrons. The molecule has 1 aliphatic heterocycles. The van der Waals surface area contributed by atoms with Crippen LogP contribution >= 0.6 is 24.0 Å². The number of aliphatic imine (C=N–C) groups is 1. The summed E-state index contributed by atoms with van der Waals surface area (Å²) in [5.41, 5.74) is 5.91. The molecular formula is C24H48IN5O2. The molecule has 0 unspecified atom stereocenters. The molecule has 188 valence electrons. The molecule has 1 fully saturated rings. The third-order valence-corrected chi connectivity index (χ3v) is 5.74. The smallest absolute Gasteiger partial charge is 0.222 e. The maximum atomic E-state index is 12.4. The fourth-order valence-electron chi connectivity index (χ4n) is 3.78. The van der Waals surface area contributed by atoms with Gasteiger partial charge in [-0.15, -0.1) is 24.0 Å². The Morgan fingerprint density at radius 3 is 2.06 bits per heavy atom. The molecule has 32 heavy (non-hydrogen) atoms. The molecule has 0 saturated carbocycles. The van der Waals surface area contributed by atoms with Gasteiger partial charge in [0.2, 0.25) is 11.8 Å². The number of nitrogens with zero attached hydrogens (tertiary/aromatic N) is 3. The fraction of sp³-hybridized carbons (Fsp3) is 0.875. The van der Waals surface area contributed by atoms with E-state index in [1.54, 1.807) is 0 Å². The lowest BCUT2D eigenvalue weighted by Gasteiger charge is -2.35. The standard InChI is InChI=1S/C24H47N5O2.HI/c1-4-5-6-7-8-11-14-26-24(25)27-15-12-9-10-13-22(30)28-16-18-29(19-17-28)23(31)20-21(2)3;/h21H,4-20H2,1-3H3,(H3,25,26,27);1H. The molecule has 1 aliphatic rings. The number of nitrogens with two attached hydrogens (primary N) is 1. The maximum absolute atomic E-state index is 12.4. The second-order valence-corrected chi connectivity index (χ2v) is 9.13. The van der Waals surface area contributed by atoms with Crippen molar-refractivity contribution in [2.75, 3.05) is 39.3 Å². The second kappa shape index (κ2) is 19.4. The van der Waals surface area contributed by atoms with Gasteiger partial charge in [-0.3, -0.25) is 14.6 Å². The van der Waals surface area contributed by atoms with Crippen LogP contribution in [0.2, 0.25) is 0 Å². The molecule has 8 heteroatoms. The first kappa shape index (κ1) is 30.9. The Morgan fingerprint density at radius 2 is 1.44 bits per heavy atom. The van der Waals surface area contributed by atoms with Crippen molar-refractivity contribution in [3.05, 3.63) is 0 Å². The van der Waals surface area contributed by atoms with E-state index in [2.05, 4.69) is 31.1 Å². The molecule has 0 aromatic rings. The van der Waals surface area contributed by atoms with Gasteiger partial charge in [0.25, 0.3) is 0 Å². The molecule has 1 heterocycles. The molecule has 0 atom stereocenters. The van der Waals surface area contributed by atoms with E-state index in [1.165, 1.54) is 32.1 Å². The van der Waals surface area contributed by atoms with Crippen LogP contribution in [0, 0.1) is 5.92 Å². The average molecular weight is 566 g/mol. The summed E-state index contributed by atoms with van der Waals surface area (Å²) in [6.07, 6.45) is 11.6. The van der Waals surface area contributed by atoms with Gasteiger partial charge in [-0.1, -0.05) is 59.3 Å². The van der Waals surface area contributed by atoms with E-state index in [9.17, 15) is 9.59 Å². The van der Waals surface area contributed by atoms with E-state index in [4.69, 9.17) is 5.73 Å². The van der Waals surface area contributed by atoms with Gasteiger partial charge in [0.05, 0.1) is 0 Å². The Balaban J connectivity index is 0.00000961. The van der Waals surface area contributed by atoms with Crippen molar-refractivity contribution in [2.45, 2.75) is 91.4 Å². The van der Waals surface area contributed by atoms with Crippen LogP contribution < -0.4 is 11.1 Å². The molecule has 1 rings (SSSR count). The average Bonchev–Trinajstić information content (AvgIpc) is 2.75. The van der Waals surface area contributed by atoms with Crippen molar-refractivity contribution in [3.63, 3.8) is 0 Å². The van der Waals surface area contributed by atoms with E-state index < -0.39 is 0 Å². The highest BCUT2D eigenvalue weighted by atomic mass is 127. The summed E-state index contributed by atoms with van der Waals surface area (Å²) in [6, 6.07) is 0. The third-order valence-electron chi connectivity index (χ3n) is 5.74. The predicted octanol–water partition coefficient (Wildman–Crippen LogP) is 4.15. The molecule has 0 bridgehead atoms. The zero-order valence-corrected chi connectivity index (χ0v) is 23.1. The lowest BCUT2D eigenvalue weighted by Crippen LogP contribution is -2.50. The summed E-state index contributed by atoms with van der Waals surface area (Å²) in [7, 11) is 0. The van der Waals surface area contributed by atoms with Crippen LogP contribution in [-0.4, -0.2) is 66.8 Å². The number of amides is 2. The molecule has 0 aromatic carbocycles. The van der Waals surface area contributed by atoms with Gasteiger partial charge in [0, 0.05) is 52.1 Å². The van der Waals surface area contributed by atoms with E-state index in [-0.39, 0.29) is 35.8 Å². The number of halogens is 1. The van der Waals surface area contributed by atoms with E-state index in [1.807, 2.05) is 9.80 Å². The Hall–Kier alpha value is -1.06. The van der Waals surface area contributed by atoms with Gasteiger partial charge < -0.3 is 20.9 Å². The number of nitrogens with one attached hydrogen (secondary N) is 1. The van der Waals surface area contributed by atoms with Crippen molar-refractivity contribution < 1.29 is 9.59 Å². The summed E-state index contributed by atoms with van der Waals surface area (Å²) in [4.78, 5) is 32.7. The topological polar surface area (TPSA) is 91.0 Å². The highest BCUT2D eigenvalue weighted by Gasteiger charge is 2.23. The van der Waals surface area contributed by atoms with Gasteiger partial charge in [-0.25, -0.2) is 0 Å². The summed E-state index contributed by atoms with van der Waals surface area (Å²) >= 11 is 0. The van der Waals surface area contributed by atoms with Crippen molar-refractivity contribution in [1.29, 1.82) is 0 Å². The molecule has 0 aromatic heterocycles. The first-order valence-corrected chi connectivity index (χ1v) is 12.5. The Labute approximate surface area is 213 Å². The quantitative estimate of drug-likeness (QED) is 0.135. The number of unbranched alkanes of at least 4 members (excludes halogenated alkanes) is 7. The van der Waals surface area contributed by atoms with E-state index in [0.29, 0.717) is 57.4 Å². The van der Waals surface area contributed by atoms with Gasteiger partial charge in [0.15, 0.2) is 5.96 Å². The molecule has 1 saturated heterocycles. The van der Waals surface area contributed by atoms with Gasteiger partial charge in [-0.05, 0) is 25.2 Å². The highest BCUT2D eigenvalue weighted by molar-refractivity contribution is 14.0. The largest absolute Gasteiger partial charge is 0.370 e. The molecule has 2 amide bonds. The monoisotopic (exact) mass is 565 g/mol. The zero-order valence-electron chi connectivity index (χ0n) is 20.7. The lowest BCUT2D eigenvalue weighted by molar-refractivity contribution is -0.140. The van der Waals surface area contributed by atoms with E-state index in [0.717, 1.165) is 32.2 Å². The minimum absolute atomic E-state index is 0. The molecule has 0 aliphatic carbocycles. The number of carbonyl (C=O) groups excluding carboxylic acids is 2. The van der Waals surface area contributed by atoms with Crippen LogP contribution in [0.3, 0.4) is 0 Å². The lowest BCUT2D eigenvalue weighted by atomic mass is 10.1. The summed E-state index contributed by atoms with van der Waals surface area (Å²) < 4.78 is 0. The number of hydrogen-bond donors (Lipinski definition) is 2. The minimum atomic E-state index is 0. The normalized spacial score (nSPS) is 14.4. The van der Waals surface area contributed by atoms with Crippen molar-refractivity contribution in [2.24, 2.45) is 16.6 Å². The first-order valence-electron chi connectivity index (χ1n) is 12.5. The van der Waals surface area contributed by atoms with Crippen LogP contribution in [0.4, 0.5) is 0 Å². The number of carbonyl (C=O) groups is 2. The molecule has 0 spiro atoms. The Morgan fingerprint density at radius 1 is 0.875 bits per heavy atom. The van der Waals surface area contributed by atoms with Gasteiger partial charge in [0.1, 0.15) is 0 Å². The van der Waals surface area contributed by atoms with E-state index >= 15 is 0 Å². The van der Waals surface area contributed by atoms with Crippen molar-refractivity contribution >= 4 is 41.8 Å².